The second-order valence-corrected chi connectivity index (χ2v) is 7.45. The van der Waals surface area contributed by atoms with Gasteiger partial charge in [0.25, 0.3) is 0 Å². The van der Waals surface area contributed by atoms with Crippen molar-refractivity contribution in [3.05, 3.63) is 22.7 Å². The summed E-state index contributed by atoms with van der Waals surface area (Å²) in [5.41, 5.74) is 5.68. The number of hydrogen-bond donors (Lipinski definition) is 1. The lowest BCUT2D eigenvalue weighted by atomic mass is 10.2. The largest absolute Gasteiger partial charge is 0.492 e. The zero-order chi connectivity index (χ0) is 14.8. The van der Waals surface area contributed by atoms with E-state index in [1.807, 2.05) is 6.92 Å². The molecule has 1 heterocycles. The molecule has 1 aliphatic heterocycles. The number of halogens is 1. The Morgan fingerprint density at radius 2 is 2.25 bits per heavy atom. The highest BCUT2D eigenvalue weighted by molar-refractivity contribution is 9.10. The van der Waals surface area contributed by atoms with Gasteiger partial charge in [0.05, 0.1) is 6.61 Å². The number of hydrogen-bond acceptors (Lipinski definition) is 4. The van der Waals surface area contributed by atoms with E-state index in [0.29, 0.717) is 29.9 Å². The maximum Gasteiger partial charge on any atom is 0.247 e. The van der Waals surface area contributed by atoms with Crippen molar-refractivity contribution in [2.75, 3.05) is 19.7 Å². The number of benzene rings is 1. The highest BCUT2D eigenvalue weighted by atomic mass is 79.9. The van der Waals surface area contributed by atoms with Gasteiger partial charge in [0.15, 0.2) is 0 Å². The van der Waals surface area contributed by atoms with Gasteiger partial charge in [0.2, 0.25) is 10.0 Å². The maximum absolute atomic E-state index is 12.8. The lowest BCUT2D eigenvalue weighted by Crippen LogP contribution is -2.40. The van der Waals surface area contributed by atoms with Gasteiger partial charge in [-0.3, -0.25) is 0 Å². The molecule has 112 valence electrons. The standard InChI is InChI=1S/C13H19BrN2O3S/c1-2-19-12-6-5-10(14)8-13(12)20(17,18)16-7-3-4-11(16)9-15/h5-6,8,11H,2-4,7,9,15H2,1H3. The minimum absolute atomic E-state index is 0.117. The summed E-state index contributed by atoms with van der Waals surface area (Å²) in [4.78, 5) is 0.203. The molecule has 1 atom stereocenters. The molecular formula is C13H19BrN2O3S. The quantitative estimate of drug-likeness (QED) is 0.868. The Morgan fingerprint density at radius 3 is 2.90 bits per heavy atom. The van der Waals surface area contributed by atoms with Crippen LogP contribution in [0.5, 0.6) is 5.75 Å². The van der Waals surface area contributed by atoms with E-state index in [4.69, 9.17) is 10.5 Å². The van der Waals surface area contributed by atoms with Crippen molar-refractivity contribution >= 4 is 26.0 Å². The fourth-order valence-electron chi connectivity index (χ4n) is 2.45. The molecule has 1 fully saturated rings. The molecule has 0 bridgehead atoms. The van der Waals surface area contributed by atoms with Crippen molar-refractivity contribution in [3.8, 4) is 5.75 Å². The molecule has 1 aliphatic rings. The van der Waals surface area contributed by atoms with Crippen LogP contribution < -0.4 is 10.5 Å². The van der Waals surface area contributed by atoms with Crippen LogP contribution >= 0.6 is 15.9 Å². The zero-order valence-corrected chi connectivity index (χ0v) is 13.8. The molecule has 5 nitrogen and oxygen atoms in total. The van der Waals surface area contributed by atoms with Crippen molar-refractivity contribution in [2.45, 2.75) is 30.7 Å². The zero-order valence-electron chi connectivity index (χ0n) is 11.4. The smallest absolute Gasteiger partial charge is 0.247 e. The third-order valence-corrected chi connectivity index (χ3v) is 5.85. The van der Waals surface area contributed by atoms with E-state index in [1.165, 1.54) is 4.31 Å². The van der Waals surface area contributed by atoms with Gasteiger partial charge in [-0.2, -0.15) is 4.31 Å². The average Bonchev–Trinajstić information content (AvgIpc) is 2.90. The van der Waals surface area contributed by atoms with E-state index in [1.54, 1.807) is 18.2 Å². The molecule has 7 heteroatoms. The van der Waals surface area contributed by atoms with Crippen LogP contribution in [0.25, 0.3) is 0 Å². The minimum Gasteiger partial charge on any atom is -0.492 e. The predicted octanol–water partition coefficient (Wildman–Crippen LogP) is 1.96. The van der Waals surface area contributed by atoms with Gasteiger partial charge in [0.1, 0.15) is 10.6 Å². The van der Waals surface area contributed by atoms with Crippen molar-refractivity contribution < 1.29 is 13.2 Å². The number of sulfonamides is 1. The van der Waals surface area contributed by atoms with E-state index in [-0.39, 0.29) is 10.9 Å². The Bertz CT molecular complexity index is 577. The predicted molar refractivity (Wildman–Crippen MR) is 81.3 cm³/mol. The molecule has 1 aromatic carbocycles. The SMILES string of the molecule is CCOc1ccc(Br)cc1S(=O)(=O)N1CCCC1CN. The summed E-state index contributed by atoms with van der Waals surface area (Å²) in [5, 5.41) is 0. The Labute approximate surface area is 128 Å². The Hall–Kier alpha value is -0.630. The Balaban J connectivity index is 2.45. The van der Waals surface area contributed by atoms with Crippen LogP contribution in [0.4, 0.5) is 0 Å². The lowest BCUT2D eigenvalue weighted by Gasteiger charge is -2.24. The van der Waals surface area contributed by atoms with Crippen LogP contribution in [0.3, 0.4) is 0 Å². The van der Waals surface area contributed by atoms with Crippen LogP contribution in [-0.4, -0.2) is 38.5 Å². The van der Waals surface area contributed by atoms with Gasteiger partial charge in [0, 0.05) is 23.6 Å². The van der Waals surface area contributed by atoms with Gasteiger partial charge in [-0.25, -0.2) is 8.42 Å². The van der Waals surface area contributed by atoms with Crippen molar-refractivity contribution in [1.82, 2.24) is 4.31 Å². The van der Waals surface area contributed by atoms with Crippen molar-refractivity contribution in [2.24, 2.45) is 5.73 Å². The molecule has 2 rings (SSSR count). The molecule has 0 saturated carbocycles. The van der Waals surface area contributed by atoms with E-state index < -0.39 is 10.0 Å². The monoisotopic (exact) mass is 362 g/mol. The van der Waals surface area contributed by atoms with Crippen molar-refractivity contribution in [3.63, 3.8) is 0 Å². The molecule has 20 heavy (non-hydrogen) atoms. The minimum atomic E-state index is -3.58. The lowest BCUT2D eigenvalue weighted by molar-refractivity contribution is 0.327. The van der Waals surface area contributed by atoms with E-state index in [9.17, 15) is 8.42 Å². The van der Waals surface area contributed by atoms with Crippen LogP contribution in [0.2, 0.25) is 0 Å². The Kier molecular flexibility index (Phi) is 5.06. The first-order chi connectivity index (χ1) is 9.50. The fraction of sp³-hybridized carbons (Fsp3) is 0.538. The summed E-state index contributed by atoms with van der Waals surface area (Å²) >= 11 is 3.32. The summed E-state index contributed by atoms with van der Waals surface area (Å²) in [6.07, 6.45) is 1.66. The van der Waals surface area contributed by atoms with E-state index in [0.717, 1.165) is 12.8 Å². The number of nitrogens with zero attached hydrogens (tertiary/aromatic N) is 1. The Morgan fingerprint density at radius 1 is 1.50 bits per heavy atom. The van der Waals surface area contributed by atoms with Crippen LogP contribution in [0.15, 0.2) is 27.6 Å². The fourth-order valence-corrected chi connectivity index (χ4v) is 4.82. The topological polar surface area (TPSA) is 72.6 Å². The van der Waals surface area contributed by atoms with Gasteiger partial charge in [-0.1, -0.05) is 15.9 Å². The molecule has 0 aliphatic carbocycles. The summed E-state index contributed by atoms with van der Waals surface area (Å²) < 4.78 is 33.3. The summed E-state index contributed by atoms with van der Waals surface area (Å²) in [7, 11) is -3.58. The molecule has 2 N–H and O–H groups in total. The summed E-state index contributed by atoms with van der Waals surface area (Å²) in [6.45, 7) is 3.11. The molecule has 0 amide bonds. The number of nitrogens with two attached hydrogens (primary N) is 1. The highest BCUT2D eigenvalue weighted by Gasteiger charge is 2.36. The number of ether oxygens (including phenoxy) is 1. The van der Waals surface area contributed by atoms with E-state index >= 15 is 0 Å². The maximum atomic E-state index is 12.8. The molecule has 0 radical (unpaired) electrons. The first kappa shape index (κ1) is 15.8. The molecule has 1 aromatic rings. The second-order valence-electron chi connectivity index (χ2n) is 4.67. The molecule has 0 aromatic heterocycles. The van der Waals surface area contributed by atoms with Crippen LogP contribution in [0, 0.1) is 0 Å². The van der Waals surface area contributed by atoms with Crippen LogP contribution in [0.1, 0.15) is 19.8 Å². The molecule has 0 spiro atoms. The van der Waals surface area contributed by atoms with Crippen molar-refractivity contribution in [1.29, 1.82) is 0 Å². The molecule has 1 saturated heterocycles. The van der Waals surface area contributed by atoms with Crippen LogP contribution in [-0.2, 0) is 10.0 Å². The highest BCUT2D eigenvalue weighted by Crippen LogP contribution is 2.33. The number of rotatable bonds is 5. The summed E-state index contributed by atoms with van der Waals surface area (Å²) in [6, 6.07) is 4.92. The first-order valence-corrected chi connectivity index (χ1v) is 8.88. The first-order valence-electron chi connectivity index (χ1n) is 6.65. The molecule has 1 unspecified atom stereocenters. The second kappa shape index (κ2) is 6.43. The third kappa shape index (κ3) is 3.00. The van der Waals surface area contributed by atoms with Gasteiger partial charge >= 0.3 is 0 Å². The van der Waals surface area contributed by atoms with Gasteiger partial charge in [-0.15, -0.1) is 0 Å². The van der Waals surface area contributed by atoms with Gasteiger partial charge < -0.3 is 10.5 Å². The molecular weight excluding hydrogens is 344 g/mol. The summed E-state index contributed by atoms with van der Waals surface area (Å²) in [5.74, 6) is 0.387. The normalized spacial score (nSPS) is 20.2. The van der Waals surface area contributed by atoms with Gasteiger partial charge in [-0.05, 0) is 38.0 Å². The average molecular weight is 363 g/mol. The third-order valence-electron chi connectivity index (χ3n) is 3.39. The van der Waals surface area contributed by atoms with E-state index in [2.05, 4.69) is 15.9 Å².